The highest BCUT2D eigenvalue weighted by atomic mass is 16.7. The van der Waals surface area contributed by atoms with Crippen molar-refractivity contribution in [1.29, 1.82) is 0 Å². The maximum atomic E-state index is 5.82. The summed E-state index contributed by atoms with van der Waals surface area (Å²) in [5.41, 5.74) is 2.06. The van der Waals surface area contributed by atoms with Gasteiger partial charge in [-0.3, -0.25) is 4.98 Å². The van der Waals surface area contributed by atoms with E-state index >= 15 is 0 Å². The Morgan fingerprint density at radius 2 is 1.71 bits per heavy atom. The molecule has 0 N–H and O–H groups in total. The van der Waals surface area contributed by atoms with Crippen LogP contribution in [0.2, 0.25) is 0 Å². The summed E-state index contributed by atoms with van der Waals surface area (Å²) in [6.45, 7) is 3.20. The lowest BCUT2D eigenvalue weighted by atomic mass is 10.0. The molecule has 0 aliphatic carbocycles. The number of fused-ring (bicyclic) bond motifs is 1. The molecule has 0 saturated carbocycles. The van der Waals surface area contributed by atoms with Crippen LogP contribution in [0, 0.1) is 0 Å². The Balaban J connectivity index is 1.67. The van der Waals surface area contributed by atoms with Crippen LogP contribution >= 0.6 is 0 Å². The molecule has 0 amide bonds. The summed E-state index contributed by atoms with van der Waals surface area (Å²) in [6.07, 6.45) is 3.60. The fourth-order valence-corrected chi connectivity index (χ4v) is 3.61. The molecule has 1 aromatic carbocycles. The van der Waals surface area contributed by atoms with Gasteiger partial charge in [-0.15, -0.1) is 0 Å². The third-order valence-corrected chi connectivity index (χ3v) is 4.90. The molecule has 2 aliphatic heterocycles. The Hall–Kier alpha value is -2.05. The van der Waals surface area contributed by atoms with Gasteiger partial charge in [0.15, 0.2) is 17.3 Å². The van der Waals surface area contributed by atoms with E-state index in [2.05, 4.69) is 16.0 Å². The van der Waals surface area contributed by atoms with Crippen LogP contribution in [0.25, 0.3) is 10.9 Å². The second-order valence-electron chi connectivity index (χ2n) is 6.15. The number of hydrogen-bond donors (Lipinski definition) is 0. The number of piperidine rings is 1. The number of nitrogens with zero attached hydrogens (tertiary/aromatic N) is 2. The Morgan fingerprint density at radius 1 is 1.04 bits per heavy atom. The topological polar surface area (TPSA) is 53.1 Å². The minimum absolute atomic E-state index is 0.361. The van der Waals surface area contributed by atoms with Gasteiger partial charge >= 0.3 is 0 Å². The van der Waals surface area contributed by atoms with Crippen molar-refractivity contribution in [2.45, 2.75) is 18.6 Å². The number of anilines is 1. The van der Waals surface area contributed by atoms with Gasteiger partial charge < -0.3 is 23.8 Å². The van der Waals surface area contributed by atoms with E-state index in [0.717, 1.165) is 48.3 Å². The maximum absolute atomic E-state index is 5.82. The first-order chi connectivity index (χ1) is 11.7. The Labute approximate surface area is 141 Å². The van der Waals surface area contributed by atoms with Crippen molar-refractivity contribution >= 4 is 16.6 Å². The zero-order valence-corrected chi connectivity index (χ0v) is 14.1. The van der Waals surface area contributed by atoms with Crippen molar-refractivity contribution in [3.05, 3.63) is 24.4 Å². The number of aromatic nitrogens is 1. The minimum atomic E-state index is -0.361. The van der Waals surface area contributed by atoms with E-state index in [1.807, 2.05) is 18.3 Å². The van der Waals surface area contributed by atoms with Crippen molar-refractivity contribution in [3.8, 4) is 11.5 Å². The predicted octanol–water partition coefficient (Wildman–Crippen LogP) is 2.60. The summed E-state index contributed by atoms with van der Waals surface area (Å²) in [5, 5.41) is 1.07. The van der Waals surface area contributed by atoms with Crippen LogP contribution in [0.1, 0.15) is 12.8 Å². The van der Waals surface area contributed by atoms with Crippen molar-refractivity contribution in [2.75, 3.05) is 45.4 Å². The van der Waals surface area contributed by atoms with E-state index in [1.54, 1.807) is 14.2 Å². The second-order valence-corrected chi connectivity index (χ2v) is 6.15. The third-order valence-electron chi connectivity index (χ3n) is 4.90. The van der Waals surface area contributed by atoms with Gasteiger partial charge in [0.25, 0.3) is 0 Å². The van der Waals surface area contributed by atoms with Gasteiger partial charge in [0.2, 0.25) is 0 Å². The van der Waals surface area contributed by atoms with Crippen LogP contribution in [0.4, 0.5) is 5.69 Å². The van der Waals surface area contributed by atoms with Gasteiger partial charge in [0.05, 0.1) is 33.0 Å². The number of methoxy groups -OCH3 is 2. The molecule has 2 aliphatic rings. The summed E-state index contributed by atoms with van der Waals surface area (Å²) >= 11 is 0. The Morgan fingerprint density at radius 3 is 2.38 bits per heavy atom. The number of rotatable bonds is 3. The highest BCUT2D eigenvalue weighted by Gasteiger charge is 2.40. The van der Waals surface area contributed by atoms with Gasteiger partial charge in [-0.25, -0.2) is 0 Å². The normalized spacial score (nSPS) is 19.8. The molecule has 0 bridgehead atoms. The number of ether oxygens (including phenoxy) is 4. The van der Waals surface area contributed by atoms with Gasteiger partial charge in [-0.2, -0.15) is 0 Å². The lowest BCUT2D eigenvalue weighted by molar-refractivity contribution is -0.169. The van der Waals surface area contributed by atoms with E-state index in [9.17, 15) is 0 Å². The first-order valence-electron chi connectivity index (χ1n) is 8.28. The molecule has 6 heteroatoms. The van der Waals surface area contributed by atoms with Crippen LogP contribution in [0.15, 0.2) is 24.4 Å². The van der Waals surface area contributed by atoms with Gasteiger partial charge in [0.1, 0.15) is 0 Å². The molecule has 128 valence electrons. The molecular formula is C18H22N2O4. The molecule has 2 aromatic rings. The van der Waals surface area contributed by atoms with Gasteiger partial charge in [-0.1, -0.05) is 0 Å². The zero-order valence-electron chi connectivity index (χ0n) is 14.1. The Bertz CT molecular complexity index is 733. The highest BCUT2D eigenvalue weighted by Crippen LogP contribution is 2.38. The largest absolute Gasteiger partial charge is 0.493 e. The molecule has 1 spiro atoms. The fourth-order valence-electron chi connectivity index (χ4n) is 3.61. The van der Waals surface area contributed by atoms with E-state index in [4.69, 9.17) is 18.9 Å². The molecule has 2 saturated heterocycles. The second kappa shape index (κ2) is 6.11. The van der Waals surface area contributed by atoms with Crippen LogP contribution in [-0.4, -0.2) is 51.3 Å². The van der Waals surface area contributed by atoms with Crippen molar-refractivity contribution in [2.24, 2.45) is 0 Å². The molecular weight excluding hydrogens is 308 g/mol. The molecule has 4 rings (SSSR count). The highest BCUT2D eigenvalue weighted by molar-refractivity contribution is 5.94. The summed E-state index contributed by atoms with van der Waals surface area (Å²) in [7, 11) is 3.29. The third kappa shape index (κ3) is 2.56. The fraction of sp³-hybridized carbons (Fsp3) is 0.500. The summed E-state index contributed by atoms with van der Waals surface area (Å²) < 4.78 is 22.5. The lowest BCUT2D eigenvalue weighted by Gasteiger charge is -2.39. The quantitative estimate of drug-likeness (QED) is 0.862. The molecule has 6 nitrogen and oxygen atoms in total. The first kappa shape index (κ1) is 15.5. The number of pyridine rings is 1. The number of hydrogen-bond acceptors (Lipinski definition) is 6. The van der Waals surface area contributed by atoms with Crippen molar-refractivity contribution in [1.82, 2.24) is 4.98 Å². The zero-order chi connectivity index (χ0) is 16.6. The van der Waals surface area contributed by atoms with Crippen LogP contribution in [0.5, 0.6) is 11.5 Å². The van der Waals surface area contributed by atoms with Crippen molar-refractivity contribution < 1.29 is 18.9 Å². The molecule has 24 heavy (non-hydrogen) atoms. The molecule has 0 unspecified atom stereocenters. The lowest BCUT2D eigenvalue weighted by Crippen LogP contribution is -2.45. The monoisotopic (exact) mass is 330 g/mol. The SMILES string of the molecule is COc1cc2nccc(N3CCC4(CC3)OCCO4)c2cc1OC. The Kier molecular flexibility index (Phi) is 3.94. The molecule has 3 heterocycles. The average molecular weight is 330 g/mol. The van der Waals surface area contributed by atoms with Crippen molar-refractivity contribution in [3.63, 3.8) is 0 Å². The molecule has 1 aromatic heterocycles. The summed E-state index contributed by atoms with van der Waals surface area (Å²) in [4.78, 5) is 6.85. The van der Waals surface area contributed by atoms with Crippen LogP contribution in [0.3, 0.4) is 0 Å². The van der Waals surface area contributed by atoms with E-state index in [-0.39, 0.29) is 5.79 Å². The maximum Gasteiger partial charge on any atom is 0.171 e. The first-order valence-corrected chi connectivity index (χ1v) is 8.28. The number of benzene rings is 1. The minimum Gasteiger partial charge on any atom is -0.493 e. The summed E-state index contributed by atoms with van der Waals surface area (Å²) in [6, 6.07) is 5.98. The summed E-state index contributed by atoms with van der Waals surface area (Å²) in [5.74, 6) is 1.05. The predicted molar refractivity (Wildman–Crippen MR) is 90.9 cm³/mol. The van der Waals surface area contributed by atoms with E-state index < -0.39 is 0 Å². The van der Waals surface area contributed by atoms with Gasteiger partial charge in [0, 0.05) is 49.3 Å². The van der Waals surface area contributed by atoms with E-state index in [0.29, 0.717) is 19.0 Å². The molecule has 2 fully saturated rings. The molecule has 0 atom stereocenters. The smallest absolute Gasteiger partial charge is 0.171 e. The van der Waals surface area contributed by atoms with Crippen LogP contribution < -0.4 is 14.4 Å². The van der Waals surface area contributed by atoms with Crippen LogP contribution in [-0.2, 0) is 9.47 Å². The van der Waals surface area contributed by atoms with Gasteiger partial charge in [-0.05, 0) is 12.1 Å². The standard InChI is InChI=1S/C18H22N2O4/c1-21-16-11-13-14(12-17(16)22-2)19-6-3-15(13)20-7-4-18(5-8-20)23-9-10-24-18/h3,6,11-12H,4-5,7-10H2,1-2H3. The van der Waals surface area contributed by atoms with E-state index in [1.165, 1.54) is 0 Å². The average Bonchev–Trinajstić information content (AvgIpc) is 3.08. The molecule has 0 radical (unpaired) electrons.